The van der Waals surface area contributed by atoms with Gasteiger partial charge in [-0.1, -0.05) is 19.9 Å². The minimum atomic E-state index is -0.896. The predicted molar refractivity (Wildman–Crippen MR) is 76.7 cm³/mol. The molecule has 0 saturated heterocycles. The number of aliphatic hydroxyl groups is 1. The summed E-state index contributed by atoms with van der Waals surface area (Å²) in [4.78, 5) is 12.0. The van der Waals surface area contributed by atoms with Crippen LogP contribution in [0.3, 0.4) is 0 Å². The van der Waals surface area contributed by atoms with Gasteiger partial charge in [0, 0.05) is 11.0 Å². The molecular weight excluding hydrogens is 294 g/mol. The third kappa shape index (κ3) is 3.82. The maximum absolute atomic E-state index is 12.0. The van der Waals surface area contributed by atoms with Gasteiger partial charge in [-0.3, -0.25) is 4.79 Å². The van der Waals surface area contributed by atoms with E-state index in [2.05, 4.69) is 21.2 Å². The molecule has 1 aromatic rings. The van der Waals surface area contributed by atoms with Crippen LogP contribution in [0.1, 0.15) is 36.7 Å². The summed E-state index contributed by atoms with van der Waals surface area (Å²) in [5, 5.41) is 12.8. The smallest absolute Gasteiger partial charge is 0.252 e. The third-order valence-electron chi connectivity index (χ3n) is 3.22. The normalized spacial score (nSPS) is 14.4. The lowest BCUT2D eigenvalue weighted by molar-refractivity contribution is 0.0142. The fourth-order valence-corrected chi connectivity index (χ4v) is 2.04. The molecule has 0 fully saturated rings. The number of amides is 1. The molecule has 0 radical (unpaired) electrons. The zero-order valence-electron chi connectivity index (χ0n) is 11.2. The van der Waals surface area contributed by atoms with Crippen molar-refractivity contribution in [1.29, 1.82) is 0 Å². The average molecular weight is 314 g/mol. The highest BCUT2D eigenvalue weighted by Gasteiger charge is 2.25. The molecule has 18 heavy (non-hydrogen) atoms. The average Bonchev–Trinajstić information content (AvgIpc) is 2.25. The van der Waals surface area contributed by atoms with Gasteiger partial charge in [-0.2, -0.15) is 0 Å². The van der Waals surface area contributed by atoms with Crippen LogP contribution in [0, 0.1) is 12.8 Å². The number of aryl methyl sites for hydroxylation is 1. The highest BCUT2D eigenvalue weighted by atomic mass is 79.9. The second kappa shape index (κ2) is 5.85. The van der Waals surface area contributed by atoms with Crippen LogP contribution in [0.2, 0.25) is 0 Å². The minimum Gasteiger partial charge on any atom is -0.388 e. The number of benzene rings is 1. The Balaban J connectivity index is 2.72. The third-order valence-corrected chi connectivity index (χ3v) is 3.88. The van der Waals surface area contributed by atoms with E-state index >= 15 is 0 Å². The van der Waals surface area contributed by atoms with Crippen molar-refractivity contribution in [1.82, 2.24) is 5.32 Å². The van der Waals surface area contributed by atoms with E-state index < -0.39 is 5.60 Å². The lowest BCUT2D eigenvalue weighted by Crippen LogP contribution is -2.44. The van der Waals surface area contributed by atoms with E-state index in [1.165, 1.54) is 0 Å². The van der Waals surface area contributed by atoms with Gasteiger partial charge in [0.15, 0.2) is 0 Å². The quantitative estimate of drug-likeness (QED) is 0.898. The van der Waals surface area contributed by atoms with Crippen molar-refractivity contribution < 1.29 is 9.90 Å². The molecule has 0 aromatic heterocycles. The van der Waals surface area contributed by atoms with Crippen LogP contribution < -0.4 is 5.32 Å². The maximum atomic E-state index is 12.0. The first-order chi connectivity index (χ1) is 8.24. The van der Waals surface area contributed by atoms with Crippen molar-refractivity contribution in [3.05, 3.63) is 33.8 Å². The van der Waals surface area contributed by atoms with Crippen LogP contribution >= 0.6 is 15.9 Å². The molecule has 0 aliphatic carbocycles. The van der Waals surface area contributed by atoms with Gasteiger partial charge < -0.3 is 10.4 Å². The Hall–Kier alpha value is -0.870. The van der Waals surface area contributed by atoms with Crippen LogP contribution in [0.4, 0.5) is 0 Å². The number of halogens is 1. The molecule has 1 amide bonds. The summed E-state index contributed by atoms with van der Waals surface area (Å²) in [5.74, 6) is -0.0953. The molecule has 2 N–H and O–H groups in total. The van der Waals surface area contributed by atoms with Crippen LogP contribution in [-0.2, 0) is 0 Å². The summed E-state index contributed by atoms with van der Waals surface area (Å²) >= 11 is 3.37. The number of nitrogens with one attached hydrogen (secondary N) is 1. The zero-order valence-corrected chi connectivity index (χ0v) is 12.8. The Labute approximate surface area is 117 Å². The highest BCUT2D eigenvalue weighted by Crippen LogP contribution is 2.19. The molecule has 0 aliphatic rings. The molecule has 0 spiro atoms. The molecule has 3 nitrogen and oxygen atoms in total. The lowest BCUT2D eigenvalue weighted by Gasteiger charge is -2.27. The minimum absolute atomic E-state index is 0.0826. The topological polar surface area (TPSA) is 49.3 Å². The SMILES string of the molecule is Cc1ccc(C(=O)NCC(C)(O)C(C)C)c(Br)c1. The number of hydrogen-bond donors (Lipinski definition) is 2. The van der Waals surface area contributed by atoms with E-state index in [1.54, 1.807) is 13.0 Å². The van der Waals surface area contributed by atoms with Crippen LogP contribution in [0.5, 0.6) is 0 Å². The first-order valence-corrected chi connectivity index (χ1v) is 6.80. The van der Waals surface area contributed by atoms with Crippen molar-refractivity contribution in [2.24, 2.45) is 5.92 Å². The maximum Gasteiger partial charge on any atom is 0.252 e. The van der Waals surface area contributed by atoms with Crippen molar-refractivity contribution in [2.45, 2.75) is 33.3 Å². The fourth-order valence-electron chi connectivity index (χ4n) is 1.36. The van der Waals surface area contributed by atoms with Crippen molar-refractivity contribution in [3.63, 3.8) is 0 Å². The molecule has 1 aromatic carbocycles. The predicted octanol–water partition coefficient (Wildman–Crippen LogP) is 2.89. The van der Waals surface area contributed by atoms with E-state index in [0.717, 1.165) is 10.0 Å². The number of carbonyl (C=O) groups excluding carboxylic acids is 1. The van der Waals surface area contributed by atoms with E-state index in [4.69, 9.17) is 0 Å². The summed E-state index contributed by atoms with van der Waals surface area (Å²) in [6, 6.07) is 5.56. The summed E-state index contributed by atoms with van der Waals surface area (Å²) in [7, 11) is 0. The van der Waals surface area contributed by atoms with E-state index in [9.17, 15) is 9.90 Å². The molecule has 1 atom stereocenters. The first-order valence-electron chi connectivity index (χ1n) is 6.01. The molecule has 0 heterocycles. The van der Waals surface area contributed by atoms with Gasteiger partial charge >= 0.3 is 0 Å². The first kappa shape index (κ1) is 15.2. The van der Waals surface area contributed by atoms with Crippen LogP contribution in [0.25, 0.3) is 0 Å². The number of carbonyl (C=O) groups is 1. The zero-order chi connectivity index (χ0) is 13.9. The summed E-state index contributed by atoms with van der Waals surface area (Å²) in [6.45, 7) is 7.78. The monoisotopic (exact) mass is 313 g/mol. The molecule has 1 unspecified atom stereocenters. The van der Waals surface area contributed by atoms with Gasteiger partial charge in [0.2, 0.25) is 0 Å². The van der Waals surface area contributed by atoms with E-state index in [-0.39, 0.29) is 18.4 Å². The Morgan fingerprint density at radius 3 is 2.61 bits per heavy atom. The largest absolute Gasteiger partial charge is 0.388 e. The Morgan fingerprint density at radius 1 is 1.50 bits per heavy atom. The van der Waals surface area contributed by atoms with Crippen molar-refractivity contribution >= 4 is 21.8 Å². The van der Waals surface area contributed by atoms with E-state index in [1.807, 2.05) is 32.9 Å². The standard InChI is InChI=1S/C14H20BrNO2/c1-9(2)14(4,18)8-16-13(17)11-6-5-10(3)7-12(11)15/h5-7,9,18H,8H2,1-4H3,(H,16,17). The molecule has 0 aliphatic heterocycles. The van der Waals surface area contributed by atoms with Crippen molar-refractivity contribution in [3.8, 4) is 0 Å². The highest BCUT2D eigenvalue weighted by molar-refractivity contribution is 9.10. The summed E-state index contributed by atoms with van der Waals surface area (Å²) in [5.41, 5.74) is 0.778. The lowest BCUT2D eigenvalue weighted by atomic mass is 9.92. The molecule has 100 valence electrons. The summed E-state index contributed by atoms with van der Waals surface area (Å²) < 4.78 is 0.768. The Kier molecular flexibility index (Phi) is 4.93. The Morgan fingerprint density at radius 2 is 2.11 bits per heavy atom. The van der Waals surface area contributed by atoms with E-state index in [0.29, 0.717) is 5.56 Å². The van der Waals surface area contributed by atoms with Gasteiger partial charge in [0.25, 0.3) is 5.91 Å². The van der Waals surface area contributed by atoms with Gasteiger partial charge in [-0.15, -0.1) is 0 Å². The number of hydrogen-bond acceptors (Lipinski definition) is 2. The van der Waals surface area contributed by atoms with Crippen LogP contribution in [-0.4, -0.2) is 23.2 Å². The van der Waals surface area contributed by atoms with Gasteiger partial charge in [0.1, 0.15) is 0 Å². The fraction of sp³-hybridized carbons (Fsp3) is 0.500. The van der Waals surface area contributed by atoms with Gasteiger partial charge in [0.05, 0.1) is 11.2 Å². The van der Waals surface area contributed by atoms with Gasteiger partial charge in [-0.05, 0) is 53.4 Å². The van der Waals surface area contributed by atoms with Crippen molar-refractivity contribution in [2.75, 3.05) is 6.54 Å². The molecule has 0 bridgehead atoms. The molecule has 1 rings (SSSR count). The molecule has 0 saturated carbocycles. The number of rotatable bonds is 4. The van der Waals surface area contributed by atoms with Gasteiger partial charge in [-0.25, -0.2) is 0 Å². The second-order valence-corrected chi connectivity index (χ2v) is 6.03. The molecule has 4 heteroatoms. The second-order valence-electron chi connectivity index (χ2n) is 5.18. The molecular formula is C14H20BrNO2. The Bertz CT molecular complexity index is 441. The van der Waals surface area contributed by atoms with Crippen LogP contribution in [0.15, 0.2) is 22.7 Å². The summed E-state index contributed by atoms with van der Waals surface area (Å²) in [6.07, 6.45) is 0.